The van der Waals surface area contributed by atoms with Gasteiger partial charge >= 0.3 is 0 Å². The third kappa shape index (κ3) is 4.43. The molecule has 0 saturated heterocycles. The number of nitrogens with one attached hydrogen (secondary N) is 2. The van der Waals surface area contributed by atoms with E-state index in [-0.39, 0.29) is 0 Å². The molecule has 4 N–H and O–H groups in total. The highest BCUT2D eigenvalue weighted by Gasteiger charge is 2.39. The Morgan fingerprint density at radius 1 is 1.12 bits per heavy atom. The number of anilines is 1. The Balaban J connectivity index is 1.26. The molecule has 138 valence electrons. The summed E-state index contributed by atoms with van der Waals surface area (Å²) in [6.07, 6.45) is 8.06. The van der Waals surface area contributed by atoms with Gasteiger partial charge in [0.2, 0.25) is 0 Å². The minimum Gasteiger partial charge on any atom is -0.366 e. The van der Waals surface area contributed by atoms with E-state index in [1.54, 1.807) is 0 Å². The highest BCUT2D eigenvalue weighted by Crippen LogP contribution is 2.41. The lowest BCUT2D eigenvalue weighted by Gasteiger charge is -2.27. The molecule has 2 saturated carbocycles. The summed E-state index contributed by atoms with van der Waals surface area (Å²) in [5, 5.41) is 7.25. The first-order chi connectivity index (χ1) is 12.7. The van der Waals surface area contributed by atoms with Crippen molar-refractivity contribution in [3.05, 3.63) is 59.3 Å². The molecule has 26 heavy (non-hydrogen) atoms. The van der Waals surface area contributed by atoms with Crippen LogP contribution < -0.4 is 16.4 Å². The number of pyridine rings is 1. The molecule has 1 aromatic carbocycles. The van der Waals surface area contributed by atoms with E-state index in [9.17, 15) is 0 Å². The van der Waals surface area contributed by atoms with E-state index in [0.717, 1.165) is 25.2 Å². The molecule has 0 bridgehead atoms. The van der Waals surface area contributed by atoms with Crippen molar-refractivity contribution in [1.82, 2.24) is 10.3 Å². The SMILES string of the molecule is Cc1cccc(CNc2ccc(C3CC3NC3CCC(N)CC3)cn2)c1. The molecule has 4 nitrogen and oxygen atoms in total. The summed E-state index contributed by atoms with van der Waals surface area (Å²) in [7, 11) is 0. The number of aromatic nitrogens is 1. The number of hydrogen-bond donors (Lipinski definition) is 3. The molecule has 1 aromatic heterocycles. The largest absolute Gasteiger partial charge is 0.366 e. The molecular formula is C22H30N4. The van der Waals surface area contributed by atoms with Crippen LogP contribution >= 0.6 is 0 Å². The molecule has 0 spiro atoms. The van der Waals surface area contributed by atoms with Crippen LogP contribution in [-0.2, 0) is 6.54 Å². The van der Waals surface area contributed by atoms with Crippen LogP contribution in [0.2, 0.25) is 0 Å². The monoisotopic (exact) mass is 350 g/mol. The standard InChI is InChI=1S/C22H30N4/c1-15-3-2-4-16(11-15)13-24-22-10-5-17(14-25-22)20-12-21(20)26-19-8-6-18(23)7-9-19/h2-5,10-11,14,18-21,26H,6-9,12-13,23H2,1H3,(H,24,25). The van der Waals surface area contributed by atoms with Crippen molar-refractivity contribution in [2.75, 3.05) is 5.32 Å². The Hall–Kier alpha value is -1.91. The van der Waals surface area contributed by atoms with E-state index < -0.39 is 0 Å². The number of hydrogen-bond acceptors (Lipinski definition) is 4. The fourth-order valence-electron chi connectivity index (χ4n) is 4.08. The van der Waals surface area contributed by atoms with Crippen LogP contribution in [0.1, 0.15) is 54.7 Å². The Labute approximate surface area is 156 Å². The van der Waals surface area contributed by atoms with Gasteiger partial charge in [-0.05, 0) is 56.2 Å². The van der Waals surface area contributed by atoms with Gasteiger partial charge < -0.3 is 16.4 Å². The number of nitrogens with two attached hydrogens (primary N) is 1. The normalized spacial score (nSPS) is 27.9. The smallest absolute Gasteiger partial charge is 0.126 e. The van der Waals surface area contributed by atoms with Crippen LogP contribution in [0.3, 0.4) is 0 Å². The molecule has 4 heteroatoms. The van der Waals surface area contributed by atoms with Crippen molar-refractivity contribution in [3.8, 4) is 0 Å². The summed E-state index contributed by atoms with van der Waals surface area (Å²) in [6, 6.07) is 14.6. The van der Waals surface area contributed by atoms with E-state index in [2.05, 4.69) is 58.9 Å². The maximum atomic E-state index is 6.00. The highest BCUT2D eigenvalue weighted by molar-refractivity contribution is 5.39. The van der Waals surface area contributed by atoms with Gasteiger partial charge in [-0.3, -0.25) is 0 Å². The van der Waals surface area contributed by atoms with Crippen LogP contribution in [-0.4, -0.2) is 23.1 Å². The molecule has 2 aliphatic carbocycles. The number of aryl methyl sites for hydroxylation is 1. The van der Waals surface area contributed by atoms with Crippen molar-refractivity contribution in [3.63, 3.8) is 0 Å². The van der Waals surface area contributed by atoms with E-state index in [1.165, 1.54) is 36.0 Å². The quantitative estimate of drug-likeness (QED) is 0.743. The molecule has 2 fully saturated rings. The lowest BCUT2D eigenvalue weighted by Crippen LogP contribution is -2.38. The first-order valence-corrected chi connectivity index (χ1v) is 9.94. The van der Waals surface area contributed by atoms with Gasteiger partial charge in [-0.15, -0.1) is 0 Å². The summed E-state index contributed by atoms with van der Waals surface area (Å²) >= 11 is 0. The van der Waals surface area contributed by atoms with Gasteiger partial charge in [0.15, 0.2) is 0 Å². The van der Waals surface area contributed by atoms with E-state index >= 15 is 0 Å². The van der Waals surface area contributed by atoms with E-state index in [4.69, 9.17) is 5.73 Å². The van der Waals surface area contributed by atoms with Gasteiger partial charge in [-0.25, -0.2) is 4.98 Å². The van der Waals surface area contributed by atoms with Gasteiger partial charge in [0.25, 0.3) is 0 Å². The van der Waals surface area contributed by atoms with Crippen LogP contribution in [0.15, 0.2) is 42.6 Å². The average molecular weight is 351 g/mol. The van der Waals surface area contributed by atoms with E-state index in [0.29, 0.717) is 24.0 Å². The molecule has 2 aliphatic rings. The number of nitrogens with zero attached hydrogens (tertiary/aromatic N) is 1. The van der Waals surface area contributed by atoms with E-state index in [1.807, 2.05) is 6.20 Å². The Bertz CT molecular complexity index is 719. The molecule has 4 rings (SSSR count). The maximum Gasteiger partial charge on any atom is 0.126 e. The van der Waals surface area contributed by atoms with Gasteiger partial charge in [-0.1, -0.05) is 35.9 Å². The lowest BCUT2D eigenvalue weighted by molar-refractivity contribution is 0.339. The average Bonchev–Trinajstić information content (AvgIpc) is 3.42. The second-order valence-electron chi connectivity index (χ2n) is 8.05. The topological polar surface area (TPSA) is 63.0 Å². The summed E-state index contributed by atoms with van der Waals surface area (Å²) in [6.45, 7) is 2.93. The fourth-order valence-corrected chi connectivity index (χ4v) is 4.08. The molecule has 2 unspecified atom stereocenters. The molecule has 0 radical (unpaired) electrons. The van der Waals surface area contributed by atoms with Gasteiger partial charge in [0.1, 0.15) is 5.82 Å². The lowest BCUT2D eigenvalue weighted by atomic mass is 9.92. The van der Waals surface area contributed by atoms with Crippen LogP contribution in [0.4, 0.5) is 5.82 Å². The van der Waals surface area contributed by atoms with Crippen molar-refractivity contribution in [1.29, 1.82) is 0 Å². The zero-order valence-corrected chi connectivity index (χ0v) is 15.6. The highest BCUT2D eigenvalue weighted by atomic mass is 15.0. The number of benzene rings is 1. The second-order valence-corrected chi connectivity index (χ2v) is 8.05. The minimum absolute atomic E-state index is 0.423. The van der Waals surface area contributed by atoms with Crippen molar-refractivity contribution >= 4 is 5.82 Å². The third-order valence-electron chi connectivity index (χ3n) is 5.78. The molecule has 2 aromatic rings. The maximum absolute atomic E-state index is 6.00. The summed E-state index contributed by atoms with van der Waals surface area (Å²) < 4.78 is 0. The Morgan fingerprint density at radius 2 is 1.96 bits per heavy atom. The molecular weight excluding hydrogens is 320 g/mol. The predicted molar refractivity (Wildman–Crippen MR) is 107 cm³/mol. The second kappa shape index (κ2) is 7.77. The van der Waals surface area contributed by atoms with Gasteiger partial charge in [0.05, 0.1) is 0 Å². The van der Waals surface area contributed by atoms with Crippen LogP contribution in [0.5, 0.6) is 0 Å². The van der Waals surface area contributed by atoms with Gasteiger partial charge in [-0.2, -0.15) is 0 Å². The summed E-state index contributed by atoms with van der Waals surface area (Å²) in [4.78, 5) is 4.61. The first kappa shape index (κ1) is 17.5. The predicted octanol–water partition coefficient (Wildman–Crippen LogP) is 3.72. The van der Waals surface area contributed by atoms with Crippen molar-refractivity contribution in [2.45, 2.75) is 69.6 Å². The van der Waals surface area contributed by atoms with Gasteiger partial charge in [0, 0.05) is 36.8 Å². The molecule has 0 aliphatic heterocycles. The number of rotatable bonds is 6. The Kier molecular flexibility index (Phi) is 5.23. The zero-order valence-electron chi connectivity index (χ0n) is 15.6. The third-order valence-corrected chi connectivity index (χ3v) is 5.78. The molecule has 1 heterocycles. The first-order valence-electron chi connectivity index (χ1n) is 9.94. The van der Waals surface area contributed by atoms with Crippen LogP contribution in [0, 0.1) is 6.92 Å². The van der Waals surface area contributed by atoms with Crippen molar-refractivity contribution < 1.29 is 0 Å². The fraction of sp³-hybridized carbons (Fsp3) is 0.500. The summed E-state index contributed by atoms with van der Waals surface area (Å²) in [5.41, 5.74) is 9.94. The molecule has 0 amide bonds. The molecule has 2 atom stereocenters. The zero-order chi connectivity index (χ0) is 17.9. The minimum atomic E-state index is 0.423. The summed E-state index contributed by atoms with van der Waals surface area (Å²) in [5.74, 6) is 1.57. The van der Waals surface area contributed by atoms with Crippen molar-refractivity contribution in [2.24, 2.45) is 5.73 Å². The Morgan fingerprint density at radius 3 is 2.69 bits per heavy atom. The van der Waals surface area contributed by atoms with Crippen LogP contribution in [0.25, 0.3) is 0 Å².